The molecule has 1 nitrogen and oxygen atoms in total. The van der Waals surface area contributed by atoms with Crippen LogP contribution in [0.15, 0.2) is 54.6 Å². The summed E-state index contributed by atoms with van der Waals surface area (Å²) in [5.41, 5.74) is 3.28. The van der Waals surface area contributed by atoms with E-state index in [1.807, 2.05) is 42.5 Å². The Bertz CT molecular complexity index is 545. The topological polar surface area (TPSA) is 17.1 Å². The minimum absolute atomic E-state index is 0.143. The molecule has 1 unspecified atom stereocenters. The monoisotopic (exact) mass is 284 g/mol. The van der Waals surface area contributed by atoms with Crippen LogP contribution < -0.4 is 0 Å². The lowest BCUT2D eigenvalue weighted by Gasteiger charge is -2.09. The van der Waals surface area contributed by atoms with Crippen molar-refractivity contribution < 1.29 is 4.79 Å². The number of carbonyl (C=O) groups excluding carboxylic acids is 1. The molecular weight excluding hydrogens is 264 g/mol. The summed E-state index contributed by atoms with van der Waals surface area (Å²) in [6.45, 7) is 4.39. The van der Waals surface area contributed by atoms with Crippen LogP contribution in [-0.2, 0) is 5.75 Å². The molecule has 0 aliphatic heterocycles. The molecule has 0 radical (unpaired) electrons. The van der Waals surface area contributed by atoms with Gasteiger partial charge in [0.1, 0.15) is 0 Å². The van der Waals surface area contributed by atoms with Gasteiger partial charge in [-0.15, -0.1) is 0 Å². The van der Waals surface area contributed by atoms with Gasteiger partial charge in [0, 0.05) is 11.3 Å². The maximum absolute atomic E-state index is 12.1. The van der Waals surface area contributed by atoms with Crippen molar-refractivity contribution in [2.24, 2.45) is 0 Å². The van der Waals surface area contributed by atoms with E-state index in [1.165, 1.54) is 22.9 Å². The van der Waals surface area contributed by atoms with E-state index in [-0.39, 0.29) is 5.12 Å². The second-order valence-electron chi connectivity index (χ2n) is 4.99. The SMILES string of the molecule is CCC(C)c1ccc(C(=O)SCc2ccccc2)cc1. The standard InChI is InChI=1S/C18H20OS/c1-3-14(2)16-9-11-17(12-10-16)18(19)20-13-15-7-5-4-6-8-15/h4-12,14H,3,13H2,1-2H3. The van der Waals surface area contributed by atoms with Crippen LogP contribution in [0, 0.1) is 0 Å². The van der Waals surface area contributed by atoms with Crippen molar-refractivity contribution in [1.82, 2.24) is 0 Å². The van der Waals surface area contributed by atoms with Crippen LogP contribution in [0.2, 0.25) is 0 Å². The van der Waals surface area contributed by atoms with Crippen LogP contribution in [0.5, 0.6) is 0 Å². The van der Waals surface area contributed by atoms with Gasteiger partial charge in [-0.05, 0) is 23.5 Å². The predicted molar refractivity (Wildman–Crippen MR) is 87.2 cm³/mol. The zero-order valence-electron chi connectivity index (χ0n) is 12.0. The molecule has 0 saturated heterocycles. The van der Waals surface area contributed by atoms with Crippen molar-refractivity contribution in [1.29, 1.82) is 0 Å². The molecule has 0 aliphatic carbocycles. The summed E-state index contributed by atoms with van der Waals surface area (Å²) in [6.07, 6.45) is 1.12. The van der Waals surface area contributed by atoms with E-state index < -0.39 is 0 Å². The minimum Gasteiger partial charge on any atom is -0.282 e. The van der Waals surface area contributed by atoms with Gasteiger partial charge in [-0.1, -0.05) is 80.2 Å². The van der Waals surface area contributed by atoms with Gasteiger partial charge in [0.05, 0.1) is 0 Å². The Hall–Kier alpha value is -1.54. The number of hydrogen-bond donors (Lipinski definition) is 0. The van der Waals surface area contributed by atoms with E-state index in [1.54, 1.807) is 0 Å². The first-order valence-corrected chi connectivity index (χ1v) is 8.00. The highest BCUT2D eigenvalue weighted by atomic mass is 32.2. The van der Waals surface area contributed by atoms with Crippen molar-refractivity contribution in [2.75, 3.05) is 0 Å². The first kappa shape index (κ1) is 14.9. The van der Waals surface area contributed by atoms with Crippen LogP contribution in [0.4, 0.5) is 0 Å². The predicted octanol–water partition coefficient (Wildman–Crippen LogP) is 5.27. The molecule has 0 saturated carbocycles. The fourth-order valence-corrected chi connectivity index (χ4v) is 2.78. The largest absolute Gasteiger partial charge is 0.282 e. The Morgan fingerprint density at radius 2 is 1.70 bits per heavy atom. The van der Waals surface area contributed by atoms with Gasteiger partial charge < -0.3 is 0 Å². The zero-order valence-corrected chi connectivity index (χ0v) is 12.8. The van der Waals surface area contributed by atoms with Crippen molar-refractivity contribution in [2.45, 2.75) is 31.9 Å². The normalized spacial score (nSPS) is 12.1. The summed E-state index contributed by atoms with van der Waals surface area (Å²) in [4.78, 5) is 12.1. The highest BCUT2D eigenvalue weighted by Gasteiger charge is 2.08. The third-order valence-corrected chi connectivity index (χ3v) is 4.52. The van der Waals surface area contributed by atoms with E-state index in [2.05, 4.69) is 26.0 Å². The van der Waals surface area contributed by atoms with Gasteiger partial charge in [-0.2, -0.15) is 0 Å². The van der Waals surface area contributed by atoms with Crippen molar-refractivity contribution in [3.05, 3.63) is 71.3 Å². The van der Waals surface area contributed by atoms with Crippen LogP contribution in [-0.4, -0.2) is 5.12 Å². The van der Waals surface area contributed by atoms with Gasteiger partial charge in [0.25, 0.3) is 0 Å². The van der Waals surface area contributed by atoms with Gasteiger partial charge >= 0.3 is 0 Å². The Balaban J connectivity index is 1.96. The molecule has 2 heteroatoms. The van der Waals surface area contributed by atoms with E-state index in [9.17, 15) is 4.79 Å². The summed E-state index contributed by atoms with van der Waals surface area (Å²) in [5.74, 6) is 1.28. The lowest BCUT2D eigenvalue weighted by Crippen LogP contribution is -1.96. The Labute approximate surface area is 125 Å². The van der Waals surface area contributed by atoms with Gasteiger partial charge in [-0.25, -0.2) is 0 Å². The summed E-state index contributed by atoms with van der Waals surface area (Å²) in [7, 11) is 0. The summed E-state index contributed by atoms with van der Waals surface area (Å²) >= 11 is 1.36. The van der Waals surface area contributed by atoms with E-state index in [4.69, 9.17) is 0 Å². The molecule has 104 valence electrons. The van der Waals surface area contributed by atoms with Crippen molar-refractivity contribution in [3.8, 4) is 0 Å². The molecule has 0 spiro atoms. The number of hydrogen-bond acceptors (Lipinski definition) is 2. The van der Waals surface area contributed by atoms with Crippen LogP contribution in [0.25, 0.3) is 0 Å². The Morgan fingerprint density at radius 1 is 1.05 bits per heavy atom. The smallest absolute Gasteiger partial charge is 0.219 e. The minimum atomic E-state index is 0.143. The second-order valence-corrected chi connectivity index (χ2v) is 5.94. The third kappa shape index (κ3) is 3.97. The lowest BCUT2D eigenvalue weighted by atomic mass is 9.98. The molecule has 0 N–H and O–H groups in total. The molecule has 1 atom stereocenters. The van der Waals surface area contributed by atoms with Crippen LogP contribution in [0.3, 0.4) is 0 Å². The Morgan fingerprint density at radius 3 is 2.30 bits per heavy atom. The molecule has 0 aromatic heterocycles. The molecular formula is C18H20OS. The zero-order chi connectivity index (χ0) is 14.4. The molecule has 2 aromatic carbocycles. The summed E-state index contributed by atoms with van der Waals surface area (Å²) in [5, 5.41) is 0.143. The van der Waals surface area contributed by atoms with Crippen LogP contribution in [0.1, 0.15) is 47.7 Å². The highest BCUT2D eigenvalue weighted by molar-refractivity contribution is 8.13. The van der Waals surface area contributed by atoms with Gasteiger partial charge in [0.15, 0.2) is 0 Å². The maximum atomic E-state index is 12.1. The number of thioether (sulfide) groups is 1. The average Bonchev–Trinajstić information content (AvgIpc) is 2.53. The lowest BCUT2D eigenvalue weighted by molar-refractivity contribution is 0.108. The number of rotatable bonds is 5. The van der Waals surface area contributed by atoms with E-state index >= 15 is 0 Å². The van der Waals surface area contributed by atoms with E-state index in [0.29, 0.717) is 5.92 Å². The molecule has 0 fully saturated rings. The number of benzene rings is 2. The fourth-order valence-electron chi connectivity index (χ4n) is 1.99. The molecule has 0 aliphatic rings. The molecule has 0 heterocycles. The van der Waals surface area contributed by atoms with E-state index in [0.717, 1.165) is 17.7 Å². The summed E-state index contributed by atoms with van der Waals surface area (Å²) in [6, 6.07) is 18.1. The molecule has 2 rings (SSSR count). The Kier molecular flexibility index (Phi) is 5.42. The first-order valence-electron chi connectivity index (χ1n) is 7.01. The van der Waals surface area contributed by atoms with Crippen molar-refractivity contribution >= 4 is 16.9 Å². The average molecular weight is 284 g/mol. The number of carbonyl (C=O) groups is 1. The molecule has 2 aromatic rings. The highest BCUT2D eigenvalue weighted by Crippen LogP contribution is 2.22. The molecule has 20 heavy (non-hydrogen) atoms. The van der Waals surface area contributed by atoms with Crippen LogP contribution >= 0.6 is 11.8 Å². The molecule has 0 amide bonds. The fraction of sp³-hybridized carbons (Fsp3) is 0.278. The summed E-state index contributed by atoms with van der Waals surface area (Å²) < 4.78 is 0. The third-order valence-electron chi connectivity index (χ3n) is 3.54. The van der Waals surface area contributed by atoms with Gasteiger partial charge in [-0.3, -0.25) is 4.79 Å². The first-order chi connectivity index (χ1) is 9.70. The quantitative estimate of drug-likeness (QED) is 0.743. The maximum Gasteiger partial charge on any atom is 0.219 e. The van der Waals surface area contributed by atoms with Gasteiger partial charge in [0.2, 0.25) is 5.12 Å². The second kappa shape index (κ2) is 7.30. The van der Waals surface area contributed by atoms with Crippen molar-refractivity contribution in [3.63, 3.8) is 0 Å². The molecule has 0 bridgehead atoms.